The number of nitrogens with one attached hydrogen (secondary N) is 1. The van der Waals surface area contributed by atoms with Crippen molar-refractivity contribution >= 4 is 5.69 Å². The van der Waals surface area contributed by atoms with Gasteiger partial charge in [-0.15, -0.1) is 0 Å². The molecule has 0 saturated carbocycles. The van der Waals surface area contributed by atoms with Crippen LogP contribution in [0.2, 0.25) is 0 Å². The first kappa shape index (κ1) is 8.01. The Balaban J connectivity index is 2.83. The molecule has 0 aliphatic heterocycles. The molecule has 3 N–H and O–H groups in total. The Morgan fingerprint density at radius 3 is 3.09 bits per heavy atom. The van der Waals surface area contributed by atoms with Gasteiger partial charge < -0.3 is 5.43 Å². The third-order valence-corrected chi connectivity index (χ3v) is 1.59. The molecule has 0 aliphatic rings. The molecule has 0 aromatic carbocycles. The highest BCUT2D eigenvalue weighted by Crippen LogP contribution is 2.13. The maximum absolute atomic E-state index is 5.29. The largest absolute Gasteiger partial charge is 0.322 e. The third-order valence-electron chi connectivity index (χ3n) is 1.59. The molecule has 0 aliphatic carbocycles. The molecule has 0 amide bonds. The van der Waals surface area contributed by atoms with E-state index in [1.807, 2.05) is 6.07 Å². The molecule has 60 valence electrons. The third kappa shape index (κ3) is 1.91. The Morgan fingerprint density at radius 2 is 2.45 bits per heavy atom. The lowest BCUT2D eigenvalue weighted by Crippen LogP contribution is -2.09. The summed E-state index contributed by atoms with van der Waals surface area (Å²) in [6.45, 7) is 2.14. The van der Waals surface area contributed by atoms with Crippen LogP contribution in [0.1, 0.15) is 18.9 Å². The highest BCUT2D eigenvalue weighted by molar-refractivity contribution is 5.47. The molecule has 3 nitrogen and oxygen atoms in total. The normalized spacial score (nSPS) is 9.64. The van der Waals surface area contributed by atoms with Crippen molar-refractivity contribution in [1.82, 2.24) is 4.98 Å². The van der Waals surface area contributed by atoms with Crippen molar-refractivity contribution in [3.8, 4) is 0 Å². The molecule has 11 heavy (non-hydrogen) atoms. The van der Waals surface area contributed by atoms with Crippen molar-refractivity contribution in [2.45, 2.75) is 19.8 Å². The van der Waals surface area contributed by atoms with Crippen LogP contribution >= 0.6 is 0 Å². The van der Waals surface area contributed by atoms with Gasteiger partial charge in [-0.3, -0.25) is 10.8 Å². The van der Waals surface area contributed by atoms with Crippen LogP contribution in [-0.2, 0) is 6.42 Å². The zero-order valence-corrected chi connectivity index (χ0v) is 6.67. The van der Waals surface area contributed by atoms with Crippen molar-refractivity contribution in [3.63, 3.8) is 0 Å². The van der Waals surface area contributed by atoms with E-state index in [9.17, 15) is 0 Å². The molecule has 1 aromatic heterocycles. The van der Waals surface area contributed by atoms with Gasteiger partial charge in [0.1, 0.15) is 0 Å². The number of anilines is 1. The van der Waals surface area contributed by atoms with Crippen molar-refractivity contribution in [2.24, 2.45) is 5.84 Å². The molecule has 0 saturated heterocycles. The Labute approximate surface area is 66.6 Å². The number of hydrogen-bond donors (Lipinski definition) is 2. The number of aryl methyl sites for hydroxylation is 1. The zero-order valence-electron chi connectivity index (χ0n) is 6.67. The molecule has 1 rings (SSSR count). The summed E-state index contributed by atoms with van der Waals surface area (Å²) >= 11 is 0. The molecule has 0 unspecified atom stereocenters. The van der Waals surface area contributed by atoms with Gasteiger partial charge in [0.2, 0.25) is 0 Å². The van der Waals surface area contributed by atoms with Crippen molar-refractivity contribution < 1.29 is 0 Å². The highest BCUT2D eigenvalue weighted by Gasteiger charge is 1.97. The van der Waals surface area contributed by atoms with Crippen LogP contribution in [0, 0.1) is 0 Å². The first-order valence-corrected chi connectivity index (χ1v) is 3.78. The van der Waals surface area contributed by atoms with E-state index in [0.717, 1.165) is 18.5 Å². The van der Waals surface area contributed by atoms with E-state index in [1.54, 1.807) is 12.4 Å². The topological polar surface area (TPSA) is 50.9 Å². The number of nitrogens with zero attached hydrogens (tertiary/aromatic N) is 1. The quantitative estimate of drug-likeness (QED) is 0.506. The summed E-state index contributed by atoms with van der Waals surface area (Å²) in [7, 11) is 0. The van der Waals surface area contributed by atoms with Gasteiger partial charge in [-0.25, -0.2) is 0 Å². The predicted molar refractivity (Wildman–Crippen MR) is 46.0 cm³/mol. The predicted octanol–water partition coefficient (Wildman–Crippen LogP) is 1.32. The summed E-state index contributed by atoms with van der Waals surface area (Å²) in [5, 5.41) is 0. The molecule has 3 heteroatoms. The van der Waals surface area contributed by atoms with E-state index in [0.29, 0.717) is 0 Å². The van der Waals surface area contributed by atoms with Gasteiger partial charge in [-0.05, 0) is 18.1 Å². The zero-order chi connectivity index (χ0) is 8.10. The molecule has 0 spiro atoms. The van der Waals surface area contributed by atoms with E-state index >= 15 is 0 Å². The molecular formula is C8H13N3. The number of hydrazine groups is 1. The van der Waals surface area contributed by atoms with Gasteiger partial charge in [-0.1, -0.05) is 13.3 Å². The number of nitrogens with two attached hydrogens (primary N) is 1. The van der Waals surface area contributed by atoms with E-state index < -0.39 is 0 Å². The summed E-state index contributed by atoms with van der Waals surface area (Å²) in [6.07, 6.45) is 5.69. The molecule has 0 atom stereocenters. The Kier molecular flexibility index (Phi) is 2.86. The van der Waals surface area contributed by atoms with Crippen molar-refractivity contribution in [3.05, 3.63) is 24.0 Å². The molecule has 1 heterocycles. The molecule has 0 bridgehead atoms. The lowest BCUT2D eigenvalue weighted by Gasteiger charge is -2.05. The van der Waals surface area contributed by atoms with Gasteiger partial charge in [0.15, 0.2) is 0 Å². The fourth-order valence-electron chi connectivity index (χ4n) is 1.04. The minimum atomic E-state index is 0.925. The van der Waals surface area contributed by atoms with Crippen LogP contribution in [0.3, 0.4) is 0 Å². The monoisotopic (exact) mass is 151 g/mol. The second kappa shape index (κ2) is 3.93. The number of nitrogen functional groups attached to an aromatic ring is 1. The second-order valence-electron chi connectivity index (χ2n) is 2.43. The number of aromatic nitrogens is 1. The van der Waals surface area contributed by atoms with E-state index in [4.69, 9.17) is 5.84 Å². The summed E-state index contributed by atoms with van der Waals surface area (Å²) in [6, 6.07) is 1.98. The summed E-state index contributed by atoms with van der Waals surface area (Å²) in [5.41, 5.74) is 4.77. The fraction of sp³-hybridized carbons (Fsp3) is 0.375. The maximum atomic E-state index is 5.29. The van der Waals surface area contributed by atoms with Gasteiger partial charge >= 0.3 is 0 Å². The van der Waals surface area contributed by atoms with Crippen LogP contribution in [0.4, 0.5) is 5.69 Å². The Bertz CT molecular complexity index is 222. The van der Waals surface area contributed by atoms with Gasteiger partial charge in [0.25, 0.3) is 0 Å². The van der Waals surface area contributed by atoms with Gasteiger partial charge in [-0.2, -0.15) is 0 Å². The lowest BCUT2D eigenvalue weighted by molar-refractivity contribution is 0.918. The summed E-state index contributed by atoms with van der Waals surface area (Å²) < 4.78 is 0. The average Bonchev–Trinajstić information content (AvgIpc) is 2.06. The van der Waals surface area contributed by atoms with E-state index in [-0.39, 0.29) is 0 Å². The first-order valence-electron chi connectivity index (χ1n) is 3.78. The van der Waals surface area contributed by atoms with Crippen LogP contribution in [-0.4, -0.2) is 4.98 Å². The van der Waals surface area contributed by atoms with Crippen LogP contribution in [0.15, 0.2) is 18.5 Å². The maximum Gasteiger partial charge on any atom is 0.0701 e. The molecule has 0 radical (unpaired) electrons. The minimum absolute atomic E-state index is 0.925. The van der Waals surface area contributed by atoms with Crippen molar-refractivity contribution in [2.75, 3.05) is 5.43 Å². The van der Waals surface area contributed by atoms with Crippen LogP contribution in [0.5, 0.6) is 0 Å². The van der Waals surface area contributed by atoms with Gasteiger partial charge in [0, 0.05) is 6.20 Å². The van der Waals surface area contributed by atoms with Crippen molar-refractivity contribution in [1.29, 1.82) is 0 Å². The molecule has 1 aromatic rings. The highest BCUT2D eigenvalue weighted by atomic mass is 15.2. The standard InChI is InChI=1S/C8H13N3/c1-2-3-7-4-5-10-6-8(7)11-9/h4-6,11H,2-3,9H2,1H3. The minimum Gasteiger partial charge on any atom is -0.322 e. The Morgan fingerprint density at radius 1 is 1.64 bits per heavy atom. The van der Waals surface area contributed by atoms with Gasteiger partial charge in [0.05, 0.1) is 11.9 Å². The number of rotatable bonds is 3. The summed E-state index contributed by atoms with van der Waals surface area (Å²) in [5.74, 6) is 5.29. The molecular weight excluding hydrogens is 138 g/mol. The first-order chi connectivity index (χ1) is 5.38. The smallest absolute Gasteiger partial charge is 0.0701 e. The molecule has 0 fully saturated rings. The average molecular weight is 151 g/mol. The fourth-order valence-corrected chi connectivity index (χ4v) is 1.04. The van der Waals surface area contributed by atoms with Crippen LogP contribution < -0.4 is 11.3 Å². The van der Waals surface area contributed by atoms with E-state index in [2.05, 4.69) is 17.3 Å². The van der Waals surface area contributed by atoms with E-state index in [1.165, 1.54) is 5.56 Å². The van der Waals surface area contributed by atoms with Crippen LogP contribution in [0.25, 0.3) is 0 Å². The number of pyridine rings is 1. The SMILES string of the molecule is CCCc1ccncc1NN. The second-order valence-corrected chi connectivity index (χ2v) is 2.43. The summed E-state index contributed by atoms with van der Waals surface area (Å²) in [4.78, 5) is 3.96. The Hall–Kier alpha value is -1.09. The lowest BCUT2D eigenvalue weighted by atomic mass is 10.1. The number of hydrogen-bond acceptors (Lipinski definition) is 3.